The van der Waals surface area contributed by atoms with E-state index in [4.69, 9.17) is 0 Å². The molecule has 1 amide bonds. The fourth-order valence-corrected chi connectivity index (χ4v) is 3.38. The van der Waals surface area contributed by atoms with Crippen LogP contribution in [0.3, 0.4) is 0 Å². The van der Waals surface area contributed by atoms with Crippen LogP contribution in [-0.4, -0.2) is 36.7 Å². The predicted octanol–water partition coefficient (Wildman–Crippen LogP) is 2.43. The van der Waals surface area contributed by atoms with E-state index in [2.05, 4.69) is 15.4 Å². The number of benzene rings is 2. The summed E-state index contributed by atoms with van der Waals surface area (Å²) in [5.41, 5.74) is 1.37. The summed E-state index contributed by atoms with van der Waals surface area (Å²) in [4.78, 5) is 40.0. The van der Waals surface area contributed by atoms with Crippen LogP contribution in [0.1, 0.15) is 21.5 Å². The zero-order valence-electron chi connectivity index (χ0n) is 17.6. The molecule has 0 saturated heterocycles. The largest absolute Gasteiger partial charge is 0.350 e. The number of carbonyl (C=O) groups is 1. The molecular weight excluding hydrogens is 431 g/mol. The molecule has 0 aliphatic rings. The Labute approximate surface area is 186 Å². The minimum absolute atomic E-state index is 0.123. The van der Waals surface area contributed by atoms with Gasteiger partial charge in [0.2, 0.25) is 0 Å². The number of fused-ring (bicyclic) bond motifs is 1. The topological polar surface area (TPSA) is 125 Å². The number of nitrogens with one attached hydrogen (secondary N) is 1. The van der Waals surface area contributed by atoms with Crippen molar-refractivity contribution in [2.75, 3.05) is 6.54 Å². The van der Waals surface area contributed by atoms with Crippen LogP contribution in [0.15, 0.2) is 59.8 Å². The number of rotatable bonds is 7. The van der Waals surface area contributed by atoms with Crippen molar-refractivity contribution >= 4 is 22.6 Å². The molecule has 1 N–H and O–H groups in total. The number of nitro groups is 1. The van der Waals surface area contributed by atoms with Gasteiger partial charge < -0.3 is 5.32 Å². The number of aromatic nitrogens is 4. The Morgan fingerprint density at radius 3 is 2.70 bits per heavy atom. The predicted molar refractivity (Wildman–Crippen MR) is 117 cm³/mol. The van der Waals surface area contributed by atoms with Gasteiger partial charge in [0.15, 0.2) is 5.65 Å². The maximum absolute atomic E-state index is 13.1. The molecule has 33 heavy (non-hydrogen) atoms. The SMILES string of the molecule is Cc1ccc(C(=O)NCCn2ncc3c(=O)n(Cc4ccc(F)cc4)cnc32)cc1[N+](=O)[O-]. The number of nitro benzene ring substituents is 1. The normalized spacial score (nSPS) is 11.0. The highest BCUT2D eigenvalue weighted by atomic mass is 19.1. The summed E-state index contributed by atoms with van der Waals surface area (Å²) in [5.74, 6) is -0.808. The maximum Gasteiger partial charge on any atom is 0.273 e. The van der Waals surface area contributed by atoms with E-state index in [1.54, 1.807) is 19.1 Å². The number of aryl methyl sites for hydroxylation is 1. The fraction of sp³-hybridized carbons (Fsp3) is 0.182. The van der Waals surface area contributed by atoms with Crippen molar-refractivity contribution < 1.29 is 14.1 Å². The smallest absolute Gasteiger partial charge is 0.273 e. The fourth-order valence-electron chi connectivity index (χ4n) is 3.38. The Hall–Kier alpha value is -4.41. The van der Waals surface area contributed by atoms with E-state index in [1.807, 2.05) is 0 Å². The van der Waals surface area contributed by atoms with Gasteiger partial charge in [-0.1, -0.05) is 18.2 Å². The van der Waals surface area contributed by atoms with Crippen LogP contribution in [0.5, 0.6) is 0 Å². The Kier molecular flexibility index (Phi) is 5.94. The van der Waals surface area contributed by atoms with Crippen LogP contribution < -0.4 is 10.9 Å². The summed E-state index contributed by atoms with van der Waals surface area (Å²) >= 11 is 0. The van der Waals surface area contributed by atoms with Crippen LogP contribution >= 0.6 is 0 Å². The molecule has 0 aliphatic carbocycles. The second kappa shape index (κ2) is 8.99. The first kappa shape index (κ1) is 21.8. The Morgan fingerprint density at radius 2 is 1.97 bits per heavy atom. The maximum atomic E-state index is 13.1. The molecule has 2 aromatic heterocycles. The van der Waals surface area contributed by atoms with Gasteiger partial charge in [0.1, 0.15) is 17.5 Å². The van der Waals surface area contributed by atoms with Crippen molar-refractivity contribution in [2.24, 2.45) is 0 Å². The third-order valence-electron chi connectivity index (χ3n) is 5.17. The number of carbonyl (C=O) groups excluding carboxylic acids is 1. The van der Waals surface area contributed by atoms with Gasteiger partial charge in [-0.25, -0.2) is 14.1 Å². The first-order chi connectivity index (χ1) is 15.8. The minimum Gasteiger partial charge on any atom is -0.350 e. The number of hydrogen-bond acceptors (Lipinski definition) is 6. The lowest BCUT2D eigenvalue weighted by Gasteiger charge is -2.08. The molecule has 10 nitrogen and oxygen atoms in total. The van der Waals surface area contributed by atoms with Crippen LogP contribution in [0.2, 0.25) is 0 Å². The number of nitrogens with zero attached hydrogens (tertiary/aromatic N) is 5. The average Bonchev–Trinajstić information content (AvgIpc) is 3.21. The van der Waals surface area contributed by atoms with Gasteiger partial charge in [-0.15, -0.1) is 0 Å². The van der Waals surface area contributed by atoms with Gasteiger partial charge in [0.25, 0.3) is 17.2 Å². The van der Waals surface area contributed by atoms with E-state index >= 15 is 0 Å². The molecule has 0 fully saturated rings. The Morgan fingerprint density at radius 1 is 1.21 bits per heavy atom. The second-order valence-electron chi connectivity index (χ2n) is 7.42. The molecule has 2 aromatic carbocycles. The molecule has 0 unspecified atom stereocenters. The molecule has 11 heteroatoms. The summed E-state index contributed by atoms with van der Waals surface area (Å²) in [6.07, 6.45) is 2.81. The summed E-state index contributed by atoms with van der Waals surface area (Å²) < 4.78 is 16.0. The highest BCUT2D eigenvalue weighted by molar-refractivity contribution is 5.95. The monoisotopic (exact) mass is 450 g/mol. The molecule has 2 heterocycles. The highest BCUT2D eigenvalue weighted by Crippen LogP contribution is 2.19. The third-order valence-corrected chi connectivity index (χ3v) is 5.17. The van der Waals surface area contributed by atoms with Crippen molar-refractivity contribution in [1.82, 2.24) is 24.6 Å². The molecule has 0 radical (unpaired) electrons. The van der Waals surface area contributed by atoms with Crippen molar-refractivity contribution in [3.05, 3.63) is 98.0 Å². The number of hydrogen-bond donors (Lipinski definition) is 1. The lowest BCUT2D eigenvalue weighted by Crippen LogP contribution is -2.28. The van der Waals surface area contributed by atoms with Crippen molar-refractivity contribution in [3.8, 4) is 0 Å². The standard InChI is InChI=1S/C22H19FN6O4/c1-14-2-5-16(10-19(14)29(32)33)21(30)24-8-9-28-20-18(11-26-28)22(31)27(13-25-20)12-15-3-6-17(23)7-4-15/h2-7,10-11,13H,8-9,12H2,1H3,(H,24,30). The van der Waals surface area contributed by atoms with Crippen molar-refractivity contribution in [3.63, 3.8) is 0 Å². The van der Waals surface area contributed by atoms with Crippen molar-refractivity contribution in [1.29, 1.82) is 0 Å². The summed E-state index contributed by atoms with van der Waals surface area (Å²) in [5, 5.41) is 18.3. The van der Waals surface area contributed by atoms with Gasteiger partial charge in [-0.05, 0) is 30.7 Å². The summed E-state index contributed by atoms with van der Waals surface area (Å²) in [6.45, 7) is 2.27. The zero-order valence-corrected chi connectivity index (χ0v) is 17.6. The molecule has 0 saturated carbocycles. The number of halogens is 1. The minimum atomic E-state index is -0.531. The van der Waals surface area contributed by atoms with Gasteiger partial charge >= 0.3 is 0 Å². The molecule has 4 aromatic rings. The van der Waals surface area contributed by atoms with Crippen LogP contribution in [0.4, 0.5) is 10.1 Å². The van der Waals surface area contributed by atoms with Crippen LogP contribution in [0.25, 0.3) is 11.0 Å². The first-order valence-electron chi connectivity index (χ1n) is 10.0. The quantitative estimate of drug-likeness (QED) is 0.341. The average molecular weight is 450 g/mol. The Balaban J connectivity index is 1.44. The highest BCUT2D eigenvalue weighted by Gasteiger charge is 2.15. The lowest BCUT2D eigenvalue weighted by molar-refractivity contribution is -0.385. The van der Waals surface area contributed by atoms with Crippen molar-refractivity contribution in [2.45, 2.75) is 20.0 Å². The molecular formula is C22H19FN6O4. The van der Waals surface area contributed by atoms with Crippen LogP contribution in [-0.2, 0) is 13.1 Å². The molecule has 0 spiro atoms. The van der Waals surface area contributed by atoms with Crippen LogP contribution in [0, 0.1) is 22.9 Å². The van der Waals surface area contributed by atoms with E-state index in [9.17, 15) is 24.1 Å². The van der Waals surface area contributed by atoms with E-state index in [0.29, 0.717) is 16.6 Å². The number of amides is 1. The first-order valence-corrected chi connectivity index (χ1v) is 10.0. The van der Waals surface area contributed by atoms with E-state index in [0.717, 1.165) is 5.56 Å². The van der Waals surface area contributed by atoms with Gasteiger partial charge in [0.05, 0.1) is 24.2 Å². The zero-order chi connectivity index (χ0) is 23.5. The van der Waals surface area contributed by atoms with Gasteiger partial charge in [0, 0.05) is 23.7 Å². The second-order valence-corrected chi connectivity index (χ2v) is 7.42. The van der Waals surface area contributed by atoms with E-state index in [1.165, 1.54) is 52.1 Å². The third kappa shape index (κ3) is 4.61. The van der Waals surface area contributed by atoms with E-state index < -0.39 is 10.8 Å². The molecule has 0 atom stereocenters. The summed E-state index contributed by atoms with van der Waals surface area (Å²) in [6, 6.07) is 10.1. The van der Waals surface area contributed by atoms with Gasteiger partial charge in [-0.2, -0.15) is 5.10 Å². The summed E-state index contributed by atoms with van der Waals surface area (Å²) in [7, 11) is 0. The Bertz CT molecular complexity index is 1410. The van der Waals surface area contributed by atoms with E-state index in [-0.39, 0.29) is 42.3 Å². The van der Waals surface area contributed by atoms with Gasteiger partial charge in [-0.3, -0.25) is 24.3 Å². The molecule has 4 rings (SSSR count). The molecule has 0 bridgehead atoms. The lowest BCUT2D eigenvalue weighted by atomic mass is 10.1. The molecule has 168 valence electrons. The molecule has 0 aliphatic heterocycles.